The third-order valence-electron chi connectivity index (χ3n) is 3.08. The Morgan fingerprint density at radius 1 is 1.33 bits per heavy atom. The molecule has 0 aromatic carbocycles. The standard InChI is InChI=1S/C12H26N2O/c1-6-13-8-7-11(15)14-9-12(4,5)10(2)3/h10,13H,6-9H2,1-5H3,(H,14,15). The van der Waals surface area contributed by atoms with Gasteiger partial charge >= 0.3 is 0 Å². The number of amides is 1. The van der Waals surface area contributed by atoms with Gasteiger partial charge in [0.25, 0.3) is 0 Å². The van der Waals surface area contributed by atoms with Crippen molar-refractivity contribution in [1.29, 1.82) is 0 Å². The lowest BCUT2D eigenvalue weighted by Gasteiger charge is -2.29. The lowest BCUT2D eigenvalue weighted by Crippen LogP contribution is -2.37. The van der Waals surface area contributed by atoms with E-state index in [1.165, 1.54) is 0 Å². The van der Waals surface area contributed by atoms with Crippen LogP contribution in [0.4, 0.5) is 0 Å². The molecule has 0 heterocycles. The minimum Gasteiger partial charge on any atom is -0.356 e. The Morgan fingerprint density at radius 2 is 1.93 bits per heavy atom. The van der Waals surface area contributed by atoms with Crippen LogP contribution in [0.1, 0.15) is 41.0 Å². The summed E-state index contributed by atoms with van der Waals surface area (Å²) in [6.07, 6.45) is 0.571. The molecule has 3 heteroatoms. The molecule has 0 atom stereocenters. The zero-order valence-electron chi connectivity index (χ0n) is 10.8. The molecule has 3 nitrogen and oxygen atoms in total. The Bertz CT molecular complexity index is 188. The van der Waals surface area contributed by atoms with Gasteiger partial charge < -0.3 is 10.6 Å². The molecule has 1 amide bonds. The molecule has 0 aliphatic carbocycles. The molecule has 0 saturated carbocycles. The minimum absolute atomic E-state index is 0.143. The predicted molar refractivity (Wildman–Crippen MR) is 64.8 cm³/mol. The number of rotatable bonds is 7. The molecular formula is C12H26N2O. The molecule has 0 unspecified atom stereocenters. The summed E-state index contributed by atoms with van der Waals surface area (Å²) in [6, 6.07) is 0. The van der Waals surface area contributed by atoms with Crippen LogP contribution < -0.4 is 10.6 Å². The van der Waals surface area contributed by atoms with Gasteiger partial charge in [0, 0.05) is 19.5 Å². The van der Waals surface area contributed by atoms with E-state index in [0.29, 0.717) is 12.3 Å². The Balaban J connectivity index is 3.71. The first-order valence-corrected chi connectivity index (χ1v) is 5.87. The highest BCUT2D eigenvalue weighted by atomic mass is 16.1. The SMILES string of the molecule is CCNCCC(=O)NCC(C)(C)C(C)C. The molecule has 0 aromatic rings. The van der Waals surface area contributed by atoms with E-state index in [4.69, 9.17) is 0 Å². The van der Waals surface area contributed by atoms with E-state index in [1.807, 2.05) is 6.92 Å². The first-order valence-electron chi connectivity index (χ1n) is 5.87. The van der Waals surface area contributed by atoms with Crippen LogP contribution in [0.5, 0.6) is 0 Å². The summed E-state index contributed by atoms with van der Waals surface area (Å²) >= 11 is 0. The fourth-order valence-corrected chi connectivity index (χ4v) is 0.998. The second kappa shape index (κ2) is 6.83. The number of hydrogen-bond donors (Lipinski definition) is 2. The van der Waals surface area contributed by atoms with Crippen molar-refractivity contribution in [2.75, 3.05) is 19.6 Å². The summed E-state index contributed by atoms with van der Waals surface area (Å²) < 4.78 is 0. The van der Waals surface area contributed by atoms with Crippen molar-refractivity contribution in [1.82, 2.24) is 10.6 Å². The lowest BCUT2D eigenvalue weighted by atomic mass is 9.81. The van der Waals surface area contributed by atoms with E-state index in [0.717, 1.165) is 19.6 Å². The third-order valence-corrected chi connectivity index (χ3v) is 3.08. The normalized spacial score (nSPS) is 11.9. The van der Waals surface area contributed by atoms with Gasteiger partial charge in [-0.1, -0.05) is 34.6 Å². The van der Waals surface area contributed by atoms with Crippen LogP contribution in [-0.4, -0.2) is 25.5 Å². The number of carbonyl (C=O) groups excluding carboxylic acids is 1. The van der Waals surface area contributed by atoms with Crippen LogP contribution in [0, 0.1) is 11.3 Å². The van der Waals surface area contributed by atoms with Crippen LogP contribution in [-0.2, 0) is 4.79 Å². The van der Waals surface area contributed by atoms with Gasteiger partial charge in [0.05, 0.1) is 0 Å². The maximum Gasteiger partial charge on any atom is 0.221 e. The second-order valence-corrected chi connectivity index (χ2v) is 5.02. The summed E-state index contributed by atoms with van der Waals surface area (Å²) in [5.41, 5.74) is 0.174. The first-order chi connectivity index (χ1) is 6.90. The fourth-order valence-electron chi connectivity index (χ4n) is 0.998. The zero-order valence-corrected chi connectivity index (χ0v) is 10.8. The van der Waals surface area contributed by atoms with Crippen molar-refractivity contribution >= 4 is 5.91 Å². The Labute approximate surface area is 94.0 Å². The molecule has 2 N–H and O–H groups in total. The number of hydrogen-bond acceptors (Lipinski definition) is 2. The van der Waals surface area contributed by atoms with Crippen molar-refractivity contribution in [2.45, 2.75) is 41.0 Å². The van der Waals surface area contributed by atoms with Crippen molar-refractivity contribution < 1.29 is 4.79 Å². The summed E-state index contributed by atoms with van der Waals surface area (Å²) in [7, 11) is 0. The van der Waals surface area contributed by atoms with Crippen LogP contribution in [0.25, 0.3) is 0 Å². The summed E-state index contributed by atoms with van der Waals surface area (Å²) in [5, 5.41) is 6.12. The van der Waals surface area contributed by atoms with Crippen molar-refractivity contribution in [3.05, 3.63) is 0 Å². The molecule has 0 aliphatic rings. The molecule has 0 bridgehead atoms. The third kappa shape index (κ3) is 6.50. The molecule has 0 aliphatic heterocycles. The van der Waals surface area contributed by atoms with Gasteiger partial charge in [0.1, 0.15) is 0 Å². The second-order valence-electron chi connectivity index (χ2n) is 5.02. The summed E-state index contributed by atoms with van der Waals surface area (Å²) in [6.45, 7) is 13.2. The first kappa shape index (κ1) is 14.4. The fraction of sp³-hybridized carbons (Fsp3) is 0.917. The average molecular weight is 214 g/mol. The van der Waals surface area contributed by atoms with Crippen LogP contribution >= 0.6 is 0 Å². The van der Waals surface area contributed by atoms with E-state index in [1.54, 1.807) is 0 Å². The molecule has 0 saturated heterocycles. The Kier molecular flexibility index (Phi) is 6.57. The van der Waals surface area contributed by atoms with Gasteiger partial charge in [-0.25, -0.2) is 0 Å². The zero-order chi connectivity index (χ0) is 11.9. The smallest absolute Gasteiger partial charge is 0.221 e. The van der Waals surface area contributed by atoms with Crippen LogP contribution in [0.15, 0.2) is 0 Å². The van der Waals surface area contributed by atoms with Gasteiger partial charge in [-0.15, -0.1) is 0 Å². The lowest BCUT2D eigenvalue weighted by molar-refractivity contribution is -0.121. The van der Waals surface area contributed by atoms with E-state index in [-0.39, 0.29) is 11.3 Å². The number of carbonyl (C=O) groups is 1. The maximum atomic E-state index is 11.4. The molecule has 0 fully saturated rings. The molecule has 0 aromatic heterocycles. The molecule has 90 valence electrons. The summed E-state index contributed by atoms with van der Waals surface area (Å²) in [5.74, 6) is 0.719. The van der Waals surface area contributed by atoms with Gasteiger partial charge in [0.15, 0.2) is 0 Å². The van der Waals surface area contributed by atoms with E-state index in [9.17, 15) is 4.79 Å². The highest BCUT2D eigenvalue weighted by molar-refractivity contribution is 5.76. The highest BCUT2D eigenvalue weighted by Crippen LogP contribution is 2.24. The van der Waals surface area contributed by atoms with Crippen LogP contribution in [0.2, 0.25) is 0 Å². The van der Waals surface area contributed by atoms with Crippen molar-refractivity contribution in [2.24, 2.45) is 11.3 Å². The topological polar surface area (TPSA) is 41.1 Å². The van der Waals surface area contributed by atoms with Gasteiger partial charge in [-0.2, -0.15) is 0 Å². The molecule has 0 spiro atoms. The average Bonchev–Trinajstić information content (AvgIpc) is 2.15. The Morgan fingerprint density at radius 3 is 2.40 bits per heavy atom. The van der Waals surface area contributed by atoms with E-state index >= 15 is 0 Å². The largest absolute Gasteiger partial charge is 0.356 e. The monoisotopic (exact) mass is 214 g/mol. The minimum atomic E-state index is 0.143. The van der Waals surface area contributed by atoms with E-state index in [2.05, 4.69) is 38.3 Å². The Hall–Kier alpha value is -0.570. The predicted octanol–water partition coefficient (Wildman–Crippen LogP) is 1.78. The van der Waals surface area contributed by atoms with Gasteiger partial charge in [-0.3, -0.25) is 4.79 Å². The van der Waals surface area contributed by atoms with Crippen LogP contribution in [0.3, 0.4) is 0 Å². The molecule has 15 heavy (non-hydrogen) atoms. The maximum absolute atomic E-state index is 11.4. The van der Waals surface area contributed by atoms with Crippen molar-refractivity contribution in [3.63, 3.8) is 0 Å². The molecular weight excluding hydrogens is 188 g/mol. The molecule has 0 rings (SSSR count). The highest BCUT2D eigenvalue weighted by Gasteiger charge is 2.22. The van der Waals surface area contributed by atoms with E-state index < -0.39 is 0 Å². The quantitative estimate of drug-likeness (QED) is 0.634. The summed E-state index contributed by atoms with van der Waals surface area (Å²) in [4.78, 5) is 11.4. The molecule has 0 radical (unpaired) electrons. The number of nitrogens with one attached hydrogen (secondary N) is 2. The van der Waals surface area contributed by atoms with Crippen molar-refractivity contribution in [3.8, 4) is 0 Å². The van der Waals surface area contributed by atoms with Gasteiger partial charge in [-0.05, 0) is 17.9 Å². The van der Waals surface area contributed by atoms with Gasteiger partial charge in [0.2, 0.25) is 5.91 Å².